The molecule has 0 fully saturated rings. The first-order chi connectivity index (χ1) is 16.6. The van der Waals surface area contributed by atoms with Crippen LogP contribution in [0.4, 0.5) is 0 Å². The number of hydrogen-bond acceptors (Lipinski definition) is 5. The minimum Gasteiger partial charge on any atom is -0.492 e. The highest BCUT2D eigenvalue weighted by Crippen LogP contribution is 2.43. The van der Waals surface area contributed by atoms with E-state index < -0.39 is 10.8 Å². The van der Waals surface area contributed by atoms with Crippen molar-refractivity contribution in [1.29, 1.82) is 0 Å². The van der Waals surface area contributed by atoms with Crippen LogP contribution >= 0.6 is 0 Å². The Morgan fingerprint density at radius 2 is 1.12 bits per heavy atom. The fourth-order valence-electron chi connectivity index (χ4n) is 4.58. The van der Waals surface area contributed by atoms with Gasteiger partial charge in [-0.05, 0) is 93.8 Å². The van der Waals surface area contributed by atoms with Crippen molar-refractivity contribution in [3.63, 3.8) is 0 Å². The van der Waals surface area contributed by atoms with E-state index in [1.54, 1.807) is 0 Å². The van der Waals surface area contributed by atoms with Gasteiger partial charge < -0.3 is 9.47 Å². The van der Waals surface area contributed by atoms with E-state index in [-0.39, 0.29) is 0 Å². The molecule has 0 spiro atoms. The average molecular weight is 487 g/mol. The predicted octanol–water partition coefficient (Wildman–Crippen LogP) is 5.84. The summed E-state index contributed by atoms with van der Waals surface area (Å²) in [5.74, 6) is 1.63. The maximum absolute atomic E-state index is 13.2. The highest BCUT2D eigenvalue weighted by atomic mass is 32.2. The summed E-state index contributed by atoms with van der Waals surface area (Å²) in [5.41, 5.74) is 2.02. The molecule has 2 aromatic carbocycles. The summed E-state index contributed by atoms with van der Waals surface area (Å²) in [7, 11) is -1.18. The lowest BCUT2D eigenvalue weighted by molar-refractivity contribution is 0.209. The van der Waals surface area contributed by atoms with Gasteiger partial charge in [-0.2, -0.15) is 0 Å². The summed E-state index contributed by atoms with van der Waals surface area (Å²) in [6.07, 6.45) is 4.61. The molecule has 1 heterocycles. The Morgan fingerprint density at radius 1 is 0.618 bits per heavy atom. The van der Waals surface area contributed by atoms with Gasteiger partial charge in [0.2, 0.25) is 0 Å². The summed E-state index contributed by atoms with van der Waals surface area (Å²) < 4.78 is 25.3. The molecule has 0 aliphatic carbocycles. The fourth-order valence-corrected chi connectivity index (χ4v) is 5.98. The van der Waals surface area contributed by atoms with Crippen LogP contribution < -0.4 is 9.47 Å². The molecule has 5 nitrogen and oxygen atoms in total. The van der Waals surface area contributed by atoms with Gasteiger partial charge in [0.05, 0.1) is 20.6 Å². The number of fused-ring (bicyclic) bond motifs is 3. The second kappa shape index (κ2) is 13.9. The van der Waals surface area contributed by atoms with E-state index in [0.717, 1.165) is 97.4 Å². The number of rotatable bonds is 16. The Labute approximate surface area is 208 Å². The van der Waals surface area contributed by atoms with Crippen molar-refractivity contribution in [2.75, 3.05) is 52.5 Å². The molecule has 0 saturated carbocycles. The zero-order valence-corrected chi connectivity index (χ0v) is 22.3. The van der Waals surface area contributed by atoms with Crippen LogP contribution in [-0.4, -0.2) is 66.5 Å². The minimum absolute atomic E-state index is 0.642. The van der Waals surface area contributed by atoms with Crippen molar-refractivity contribution in [1.82, 2.24) is 9.80 Å². The largest absolute Gasteiger partial charge is 0.492 e. The Balaban J connectivity index is 1.62. The van der Waals surface area contributed by atoms with Gasteiger partial charge in [0.25, 0.3) is 0 Å². The molecule has 0 N–H and O–H groups in total. The quantitative estimate of drug-likeness (QED) is 0.255. The predicted molar refractivity (Wildman–Crippen MR) is 142 cm³/mol. The zero-order chi connectivity index (χ0) is 24.3. The van der Waals surface area contributed by atoms with Crippen molar-refractivity contribution < 1.29 is 13.7 Å². The Bertz CT molecular complexity index is 922. The maximum Gasteiger partial charge on any atom is 0.120 e. The molecule has 2 aromatic rings. The van der Waals surface area contributed by atoms with Crippen LogP contribution in [-0.2, 0) is 10.8 Å². The molecule has 1 unspecified atom stereocenters. The van der Waals surface area contributed by atoms with Crippen molar-refractivity contribution in [2.45, 2.75) is 63.2 Å². The van der Waals surface area contributed by atoms with Gasteiger partial charge in [0.1, 0.15) is 24.7 Å². The molecule has 6 heteroatoms. The summed E-state index contributed by atoms with van der Waals surface area (Å²) >= 11 is 0. The van der Waals surface area contributed by atoms with E-state index >= 15 is 0 Å². The summed E-state index contributed by atoms with van der Waals surface area (Å²) in [5, 5.41) is 0. The minimum atomic E-state index is -1.18. The van der Waals surface area contributed by atoms with Crippen LogP contribution in [0.2, 0.25) is 0 Å². The van der Waals surface area contributed by atoms with Crippen LogP contribution in [0.25, 0.3) is 11.1 Å². The first-order valence-electron chi connectivity index (χ1n) is 13.0. The van der Waals surface area contributed by atoms with E-state index in [0.29, 0.717) is 13.2 Å². The van der Waals surface area contributed by atoms with Crippen LogP contribution in [0.1, 0.15) is 53.4 Å². The van der Waals surface area contributed by atoms with E-state index in [4.69, 9.17) is 9.47 Å². The molecule has 0 aromatic heterocycles. The number of ether oxygens (including phenoxy) is 2. The monoisotopic (exact) mass is 486 g/mol. The normalized spacial score (nSPS) is 14.5. The highest BCUT2D eigenvalue weighted by molar-refractivity contribution is 7.85. The number of nitrogens with zero attached hydrogens (tertiary/aromatic N) is 2. The molecule has 0 bridgehead atoms. The van der Waals surface area contributed by atoms with Crippen molar-refractivity contribution in [2.24, 2.45) is 0 Å². The van der Waals surface area contributed by atoms with Crippen molar-refractivity contribution in [3.8, 4) is 22.6 Å². The molecule has 188 valence electrons. The van der Waals surface area contributed by atoms with E-state index in [9.17, 15) is 4.21 Å². The topological polar surface area (TPSA) is 42.0 Å². The Morgan fingerprint density at radius 3 is 1.65 bits per heavy atom. The Hall–Kier alpha value is -1.89. The van der Waals surface area contributed by atoms with Crippen LogP contribution in [0, 0.1) is 0 Å². The third-order valence-electron chi connectivity index (χ3n) is 6.11. The third-order valence-corrected chi connectivity index (χ3v) is 7.60. The molecule has 0 radical (unpaired) electrons. The SMILES string of the molecule is CCCN(CCC)CCOc1ccc2c(c1)-c1ccc(OCCN(CCC)CCC)cc1S2=O. The van der Waals surface area contributed by atoms with Gasteiger partial charge in [0, 0.05) is 18.7 Å². The standard InChI is InChI=1S/C28H42N2O3S/c1-5-13-29(14-6-2)17-19-32-23-10-12-27-26(21-23)25-11-9-24(22-28(25)34(27)31)33-20-18-30(15-7-3)16-8-4/h9-12,21-22H,5-8,13-20H2,1-4H3. The Kier molecular flexibility index (Phi) is 10.9. The lowest BCUT2D eigenvalue weighted by Crippen LogP contribution is -2.30. The molecular formula is C28H42N2O3S. The molecule has 3 rings (SSSR count). The van der Waals surface area contributed by atoms with Gasteiger partial charge in [0.15, 0.2) is 0 Å². The lowest BCUT2D eigenvalue weighted by Gasteiger charge is -2.21. The molecular weight excluding hydrogens is 444 g/mol. The zero-order valence-electron chi connectivity index (χ0n) is 21.5. The number of benzene rings is 2. The average Bonchev–Trinajstić information content (AvgIpc) is 3.11. The lowest BCUT2D eigenvalue weighted by atomic mass is 10.1. The summed E-state index contributed by atoms with van der Waals surface area (Å²) in [4.78, 5) is 6.58. The first-order valence-corrected chi connectivity index (χ1v) is 14.2. The summed E-state index contributed by atoms with van der Waals surface area (Å²) in [6, 6.07) is 11.9. The van der Waals surface area contributed by atoms with Gasteiger partial charge in [-0.15, -0.1) is 0 Å². The molecule has 0 amide bonds. The smallest absolute Gasteiger partial charge is 0.120 e. The fraction of sp³-hybridized carbons (Fsp3) is 0.571. The van der Waals surface area contributed by atoms with Crippen LogP contribution in [0.5, 0.6) is 11.5 Å². The van der Waals surface area contributed by atoms with E-state index in [1.807, 2.05) is 36.4 Å². The van der Waals surface area contributed by atoms with Crippen molar-refractivity contribution >= 4 is 10.8 Å². The maximum atomic E-state index is 13.2. The van der Waals surface area contributed by atoms with Crippen molar-refractivity contribution in [3.05, 3.63) is 36.4 Å². The van der Waals surface area contributed by atoms with Gasteiger partial charge >= 0.3 is 0 Å². The van der Waals surface area contributed by atoms with E-state index in [1.165, 1.54) is 0 Å². The van der Waals surface area contributed by atoms with Gasteiger partial charge in [-0.1, -0.05) is 27.7 Å². The summed E-state index contributed by atoms with van der Waals surface area (Å²) in [6.45, 7) is 16.4. The van der Waals surface area contributed by atoms with Crippen LogP contribution in [0.15, 0.2) is 46.2 Å². The molecule has 0 saturated heterocycles. The third kappa shape index (κ3) is 7.06. The molecule has 34 heavy (non-hydrogen) atoms. The molecule has 1 aliphatic rings. The second-order valence-corrected chi connectivity index (χ2v) is 10.4. The van der Waals surface area contributed by atoms with Gasteiger partial charge in [-0.3, -0.25) is 9.80 Å². The first kappa shape index (κ1) is 26.7. The van der Waals surface area contributed by atoms with Gasteiger partial charge in [-0.25, -0.2) is 4.21 Å². The molecule has 1 atom stereocenters. The highest BCUT2D eigenvalue weighted by Gasteiger charge is 2.26. The van der Waals surface area contributed by atoms with Crippen LogP contribution in [0.3, 0.4) is 0 Å². The number of hydrogen-bond donors (Lipinski definition) is 0. The second-order valence-electron chi connectivity index (χ2n) is 8.96. The molecule has 1 aliphatic heterocycles. The van der Waals surface area contributed by atoms with E-state index in [2.05, 4.69) is 37.5 Å².